The molecule has 0 amide bonds. The molecule has 0 aromatic carbocycles. The maximum Gasteiger partial charge on any atom is 0.0695 e. The summed E-state index contributed by atoms with van der Waals surface area (Å²) in [5.74, 6) is 0.853. The predicted octanol–water partition coefficient (Wildman–Crippen LogP) is 1.71. The Kier molecular flexibility index (Phi) is 3.92. The Morgan fingerprint density at radius 1 is 0.889 bits per heavy atom. The van der Waals surface area contributed by atoms with Crippen LogP contribution in [0.2, 0.25) is 0 Å². The number of hydrogen-bond donors (Lipinski definition) is 1. The molecule has 0 spiro atoms. The second-order valence-corrected chi connectivity index (χ2v) is 6.65. The zero-order chi connectivity index (χ0) is 12.5. The lowest BCUT2D eigenvalue weighted by Crippen LogP contribution is -2.57. The van der Waals surface area contributed by atoms with Crippen LogP contribution in [0.4, 0.5) is 0 Å². The van der Waals surface area contributed by atoms with E-state index >= 15 is 0 Å². The fourth-order valence-electron chi connectivity index (χ4n) is 4.50. The minimum atomic E-state index is -0.0587. The van der Waals surface area contributed by atoms with E-state index in [0.717, 1.165) is 18.4 Å². The number of aliphatic hydroxyl groups excluding tert-OH is 1. The zero-order valence-corrected chi connectivity index (χ0v) is 11.7. The normalized spacial score (nSPS) is 43.7. The molecule has 1 N–H and O–H groups in total. The van der Waals surface area contributed by atoms with E-state index in [1.54, 1.807) is 0 Å². The van der Waals surface area contributed by atoms with Gasteiger partial charge in [0.25, 0.3) is 0 Å². The molecule has 4 unspecified atom stereocenters. The van der Waals surface area contributed by atoms with E-state index in [9.17, 15) is 5.11 Å². The van der Waals surface area contributed by atoms with Gasteiger partial charge in [-0.25, -0.2) is 0 Å². The molecule has 2 saturated heterocycles. The fraction of sp³-hybridized carbons (Fsp3) is 1.00. The van der Waals surface area contributed by atoms with Gasteiger partial charge in [0.1, 0.15) is 0 Å². The molecule has 2 aliphatic heterocycles. The maximum atomic E-state index is 10.2. The molecule has 3 heteroatoms. The second kappa shape index (κ2) is 5.48. The van der Waals surface area contributed by atoms with Crippen molar-refractivity contribution in [2.45, 2.75) is 63.1 Å². The van der Waals surface area contributed by atoms with Crippen molar-refractivity contribution in [2.75, 3.05) is 26.7 Å². The average molecular weight is 252 g/mol. The van der Waals surface area contributed by atoms with Crippen LogP contribution in [0.15, 0.2) is 0 Å². The quantitative estimate of drug-likeness (QED) is 0.769. The summed E-state index contributed by atoms with van der Waals surface area (Å²) < 4.78 is 0. The van der Waals surface area contributed by atoms with Crippen LogP contribution in [0.5, 0.6) is 0 Å². The highest BCUT2D eigenvalue weighted by Gasteiger charge is 2.38. The highest BCUT2D eigenvalue weighted by atomic mass is 16.3. The number of hydrogen-bond acceptors (Lipinski definition) is 3. The van der Waals surface area contributed by atoms with Gasteiger partial charge in [0.15, 0.2) is 0 Å². The number of nitrogens with zero attached hydrogens (tertiary/aromatic N) is 2. The third-order valence-electron chi connectivity index (χ3n) is 5.54. The number of aliphatic hydroxyl groups is 1. The number of rotatable bonds is 1. The van der Waals surface area contributed by atoms with E-state index in [1.807, 2.05) is 0 Å². The summed E-state index contributed by atoms with van der Waals surface area (Å²) in [6.07, 6.45) is 8.78. The first-order valence-corrected chi connectivity index (χ1v) is 7.88. The molecular formula is C15H28N2O. The molecule has 1 aliphatic carbocycles. The zero-order valence-electron chi connectivity index (χ0n) is 11.7. The van der Waals surface area contributed by atoms with Crippen molar-refractivity contribution in [3.8, 4) is 0 Å². The van der Waals surface area contributed by atoms with Crippen molar-refractivity contribution >= 4 is 0 Å². The lowest BCUT2D eigenvalue weighted by Gasteiger charge is -2.49. The summed E-state index contributed by atoms with van der Waals surface area (Å²) in [5.41, 5.74) is 0. The second-order valence-electron chi connectivity index (χ2n) is 6.65. The lowest BCUT2D eigenvalue weighted by atomic mass is 9.82. The van der Waals surface area contributed by atoms with Gasteiger partial charge in [0.2, 0.25) is 0 Å². The van der Waals surface area contributed by atoms with E-state index in [2.05, 4.69) is 16.8 Å². The summed E-state index contributed by atoms with van der Waals surface area (Å²) in [7, 11) is 2.29. The maximum absolute atomic E-state index is 10.2. The van der Waals surface area contributed by atoms with Crippen molar-refractivity contribution in [1.29, 1.82) is 0 Å². The first-order chi connectivity index (χ1) is 8.75. The van der Waals surface area contributed by atoms with Gasteiger partial charge in [-0.1, -0.05) is 12.8 Å². The van der Waals surface area contributed by atoms with Crippen molar-refractivity contribution < 1.29 is 5.11 Å². The van der Waals surface area contributed by atoms with Gasteiger partial charge in [-0.05, 0) is 51.6 Å². The molecule has 0 aromatic rings. The van der Waals surface area contributed by atoms with Gasteiger partial charge in [-0.3, -0.25) is 4.90 Å². The molecule has 0 radical (unpaired) electrons. The highest BCUT2D eigenvalue weighted by molar-refractivity contribution is 4.93. The first-order valence-electron chi connectivity index (χ1n) is 7.88. The summed E-state index contributed by atoms with van der Waals surface area (Å²) in [4.78, 5) is 5.19. The molecule has 4 atom stereocenters. The van der Waals surface area contributed by atoms with Crippen LogP contribution in [0.1, 0.15) is 44.9 Å². The summed E-state index contributed by atoms with van der Waals surface area (Å²) in [5, 5.41) is 10.2. The molecule has 0 aromatic heterocycles. The number of likely N-dealkylation sites (tertiary alicyclic amines) is 2. The Labute approximate surface area is 111 Å². The monoisotopic (exact) mass is 252 g/mol. The largest absolute Gasteiger partial charge is 0.391 e. The van der Waals surface area contributed by atoms with Gasteiger partial charge < -0.3 is 10.0 Å². The van der Waals surface area contributed by atoms with Crippen molar-refractivity contribution in [1.82, 2.24) is 9.80 Å². The predicted molar refractivity (Wildman–Crippen MR) is 73.6 cm³/mol. The fourth-order valence-corrected chi connectivity index (χ4v) is 4.50. The molecule has 1 saturated carbocycles. The van der Waals surface area contributed by atoms with Gasteiger partial charge in [-0.2, -0.15) is 0 Å². The molecule has 3 fully saturated rings. The minimum absolute atomic E-state index is 0.0587. The molecule has 104 valence electrons. The van der Waals surface area contributed by atoms with Gasteiger partial charge in [0, 0.05) is 25.2 Å². The van der Waals surface area contributed by atoms with Gasteiger partial charge >= 0.3 is 0 Å². The Morgan fingerprint density at radius 3 is 2.56 bits per heavy atom. The standard InChI is InChI=1S/C15H28N2O/c1-16-9-4-5-12-11-17(10-8-13(12)16)14-6-2-3-7-15(14)18/h12-15,18H,2-11H2,1H3. The van der Waals surface area contributed by atoms with E-state index in [4.69, 9.17) is 0 Å². The molecule has 18 heavy (non-hydrogen) atoms. The topological polar surface area (TPSA) is 26.7 Å². The molecule has 3 rings (SSSR count). The summed E-state index contributed by atoms with van der Waals surface area (Å²) in [6, 6.07) is 1.28. The van der Waals surface area contributed by atoms with Crippen LogP contribution in [-0.2, 0) is 0 Å². The number of fused-ring (bicyclic) bond motifs is 1. The number of piperidine rings is 2. The lowest BCUT2D eigenvalue weighted by molar-refractivity contribution is -0.0315. The molecule has 0 bridgehead atoms. The first kappa shape index (κ1) is 12.9. The van der Waals surface area contributed by atoms with E-state index < -0.39 is 0 Å². The smallest absolute Gasteiger partial charge is 0.0695 e. The SMILES string of the molecule is CN1CCCC2CN(C3CCCCC3O)CCC21. The summed E-state index contributed by atoms with van der Waals surface area (Å²) >= 11 is 0. The van der Waals surface area contributed by atoms with E-state index in [1.165, 1.54) is 58.2 Å². The van der Waals surface area contributed by atoms with Crippen LogP contribution in [-0.4, -0.2) is 59.8 Å². The van der Waals surface area contributed by atoms with Crippen LogP contribution in [0.3, 0.4) is 0 Å². The average Bonchev–Trinajstić information content (AvgIpc) is 2.39. The Balaban J connectivity index is 1.62. The Bertz CT molecular complexity index is 284. The third-order valence-corrected chi connectivity index (χ3v) is 5.54. The van der Waals surface area contributed by atoms with Crippen molar-refractivity contribution in [3.05, 3.63) is 0 Å². The van der Waals surface area contributed by atoms with E-state index in [0.29, 0.717) is 6.04 Å². The molecular weight excluding hydrogens is 224 g/mol. The molecule has 3 aliphatic rings. The van der Waals surface area contributed by atoms with Crippen LogP contribution in [0, 0.1) is 5.92 Å². The van der Waals surface area contributed by atoms with Crippen LogP contribution >= 0.6 is 0 Å². The van der Waals surface area contributed by atoms with E-state index in [-0.39, 0.29) is 6.10 Å². The molecule has 2 heterocycles. The van der Waals surface area contributed by atoms with Crippen molar-refractivity contribution in [3.63, 3.8) is 0 Å². The molecule has 3 nitrogen and oxygen atoms in total. The van der Waals surface area contributed by atoms with Crippen molar-refractivity contribution in [2.24, 2.45) is 5.92 Å². The highest BCUT2D eigenvalue weighted by Crippen LogP contribution is 2.33. The van der Waals surface area contributed by atoms with Gasteiger partial charge in [-0.15, -0.1) is 0 Å². The van der Waals surface area contributed by atoms with Gasteiger partial charge in [0.05, 0.1) is 6.10 Å². The summed E-state index contributed by atoms with van der Waals surface area (Å²) in [6.45, 7) is 3.72. The third kappa shape index (κ3) is 2.45. The van der Waals surface area contributed by atoms with Crippen LogP contribution < -0.4 is 0 Å². The van der Waals surface area contributed by atoms with Crippen LogP contribution in [0.25, 0.3) is 0 Å². The Morgan fingerprint density at radius 2 is 1.72 bits per heavy atom. The minimum Gasteiger partial charge on any atom is -0.391 e. The Hall–Kier alpha value is -0.120.